The Hall–Kier alpha value is -2.09. The Morgan fingerprint density at radius 3 is 2.53 bits per heavy atom. The van der Waals surface area contributed by atoms with E-state index in [1.165, 1.54) is 0 Å². The SMILES string of the molecule is CNc1nc(N2CCN(C)CC2)c(=O)[nH]c1C(N)=O. The number of anilines is 2. The van der Waals surface area contributed by atoms with Crippen LogP contribution in [0.25, 0.3) is 0 Å². The molecule has 0 atom stereocenters. The average molecular weight is 266 g/mol. The van der Waals surface area contributed by atoms with Crippen molar-refractivity contribution >= 4 is 17.5 Å². The van der Waals surface area contributed by atoms with E-state index in [-0.39, 0.29) is 5.69 Å². The highest BCUT2D eigenvalue weighted by molar-refractivity contribution is 5.95. The number of carbonyl (C=O) groups excluding carboxylic acids is 1. The van der Waals surface area contributed by atoms with Gasteiger partial charge >= 0.3 is 0 Å². The van der Waals surface area contributed by atoms with Crippen molar-refractivity contribution in [3.8, 4) is 0 Å². The van der Waals surface area contributed by atoms with Gasteiger partial charge in [-0.05, 0) is 7.05 Å². The highest BCUT2D eigenvalue weighted by atomic mass is 16.1. The summed E-state index contributed by atoms with van der Waals surface area (Å²) in [4.78, 5) is 34.0. The first-order valence-electron chi connectivity index (χ1n) is 6.08. The largest absolute Gasteiger partial charge is 0.371 e. The second-order valence-corrected chi connectivity index (χ2v) is 4.52. The zero-order valence-corrected chi connectivity index (χ0v) is 11.1. The van der Waals surface area contributed by atoms with Crippen molar-refractivity contribution in [2.75, 3.05) is 50.5 Å². The van der Waals surface area contributed by atoms with Gasteiger partial charge in [0.05, 0.1) is 0 Å². The van der Waals surface area contributed by atoms with E-state index >= 15 is 0 Å². The number of H-pyrrole nitrogens is 1. The molecular formula is C11H18N6O2. The van der Waals surface area contributed by atoms with Crippen LogP contribution in [0.3, 0.4) is 0 Å². The van der Waals surface area contributed by atoms with E-state index in [4.69, 9.17) is 5.73 Å². The lowest BCUT2D eigenvalue weighted by atomic mass is 10.3. The molecule has 2 rings (SSSR count). The van der Waals surface area contributed by atoms with Crippen LogP contribution >= 0.6 is 0 Å². The number of nitrogens with one attached hydrogen (secondary N) is 2. The van der Waals surface area contributed by atoms with Crippen LogP contribution in [0.2, 0.25) is 0 Å². The van der Waals surface area contributed by atoms with E-state index in [2.05, 4.69) is 20.2 Å². The predicted molar refractivity (Wildman–Crippen MR) is 72.6 cm³/mol. The molecule has 0 aromatic carbocycles. The summed E-state index contributed by atoms with van der Waals surface area (Å²) in [6.45, 7) is 3.19. The highest BCUT2D eigenvalue weighted by Gasteiger charge is 2.21. The minimum atomic E-state index is -0.709. The summed E-state index contributed by atoms with van der Waals surface area (Å²) in [7, 11) is 3.66. The van der Waals surface area contributed by atoms with Crippen LogP contribution < -0.4 is 21.5 Å². The van der Waals surface area contributed by atoms with Crippen molar-refractivity contribution < 1.29 is 4.79 Å². The highest BCUT2D eigenvalue weighted by Crippen LogP contribution is 2.13. The molecule has 1 aromatic heterocycles. The van der Waals surface area contributed by atoms with Gasteiger partial charge in [-0.3, -0.25) is 9.59 Å². The molecule has 1 amide bonds. The van der Waals surface area contributed by atoms with E-state index < -0.39 is 11.5 Å². The maximum atomic E-state index is 12.0. The van der Waals surface area contributed by atoms with Gasteiger partial charge in [0.2, 0.25) is 0 Å². The molecule has 19 heavy (non-hydrogen) atoms. The molecule has 0 saturated carbocycles. The van der Waals surface area contributed by atoms with Gasteiger partial charge < -0.3 is 25.8 Å². The molecule has 1 saturated heterocycles. The molecule has 1 aliphatic rings. The van der Waals surface area contributed by atoms with Crippen LogP contribution in [0.1, 0.15) is 10.5 Å². The summed E-state index contributed by atoms with van der Waals surface area (Å²) in [5.74, 6) is -0.0950. The van der Waals surface area contributed by atoms with Crippen LogP contribution in [0.4, 0.5) is 11.6 Å². The molecule has 0 radical (unpaired) electrons. The van der Waals surface area contributed by atoms with E-state index in [1.807, 2.05) is 11.9 Å². The molecule has 4 N–H and O–H groups in total. The Labute approximate surface area is 110 Å². The summed E-state index contributed by atoms with van der Waals surface area (Å²) in [5, 5.41) is 2.77. The second kappa shape index (κ2) is 5.27. The molecule has 8 heteroatoms. The third-order valence-corrected chi connectivity index (χ3v) is 3.18. The fourth-order valence-electron chi connectivity index (χ4n) is 2.03. The molecular weight excluding hydrogens is 248 g/mol. The van der Waals surface area contributed by atoms with E-state index in [9.17, 15) is 9.59 Å². The predicted octanol–water partition coefficient (Wildman–Crippen LogP) is -1.34. The Balaban J connectivity index is 2.36. The molecule has 8 nitrogen and oxygen atoms in total. The van der Waals surface area contributed by atoms with E-state index in [1.54, 1.807) is 7.05 Å². The third-order valence-electron chi connectivity index (χ3n) is 3.18. The topological polar surface area (TPSA) is 107 Å². The number of likely N-dealkylation sites (N-methyl/N-ethyl adjacent to an activating group) is 1. The molecule has 0 bridgehead atoms. The van der Waals surface area contributed by atoms with Crippen LogP contribution in [0.5, 0.6) is 0 Å². The zero-order valence-electron chi connectivity index (χ0n) is 11.1. The number of rotatable bonds is 3. The zero-order chi connectivity index (χ0) is 14.0. The molecule has 1 aliphatic heterocycles. The summed E-state index contributed by atoms with van der Waals surface area (Å²) in [6.07, 6.45) is 0. The van der Waals surface area contributed by atoms with Gasteiger partial charge in [0.25, 0.3) is 11.5 Å². The summed E-state index contributed by atoms with van der Waals surface area (Å²) >= 11 is 0. The maximum Gasteiger partial charge on any atom is 0.291 e. The number of aromatic nitrogens is 2. The number of nitrogens with zero attached hydrogens (tertiary/aromatic N) is 3. The fraction of sp³-hybridized carbons (Fsp3) is 0.545. The fourth-order valence-corrected chi connectivity index (χ4v) is 2.03. The molecule has 1 fully saturated rings. The van der Waals surface area contributed by atoms with Crippen molar-refractivity contribution in [1.82, 2.24) is 14.9 Å². The van der Waals surface area contributed by atoms with E-state index in [0.717, 1.165) is 26.2 Å². The lowest BCUT2D eigenvalue weighted by molar-refractivity contribution is 0.0996. The minimum absolute atomic E-state index is 0.00498. The first kappa shape index (κ1) is 13.3. The Morgan fingerprint density at radius 2 is 2.00 bits per heavy atom. The first-order chi connectivity index (χ1) is 9.02. The maximum absolute atomic E-state index is 12.0. The number of hydrogen-bond acceptors (Lipinski definition) is 6. The number of carbonyl (C=O) groups is 1. The van der Waals surface area contributed by atoms with Crippen LogP contribution in [0, 0.1) is 0 Å². The van der Waals surface area contributed by atoms with Crippen LogP contribution in [-0.4, -0.2) is 61.0 Å². The molecule has 2 heterocycles. The van der Waals surface area contributed by atoms with Crippen LogP contribution in [-0.2, 0) is 0 Å². The second-order valence-electron chi connectivity index (χ2n) is 4.52. The van der Waals surface area contributed by atoms with Gasteiger partial charge in [0, 0.05) is 33.2 Å². The number of hydrogen-bond donors (Lipinski definition) is 3. The van der Waals surface area contributed by atoms with Crippen molar-refractivity contribution in [1.29, 1.82) is 0 Å². The molecule has 1 aromatic rings. The number of primary amides is 1. The Bertz CT molecular complexity index is 532. The third kappa shape index (κ3) is 2.68. The average Bonchev–Trinajstić information content (AvgIpc) is 2.39. The van der Waals surface area contributed by atoms with Gasteiger partial charge in [-0.1, -0.05) is 0 Å². The van der Waals surface area contributed by atoms with E-state index in [0.29, 0.717) is 11.6 Å². The summed E-state index contributed by atoms with van der Waals surface area (Å²) in [5.41, 5.74) is 4.81. The van der Waals surface area contributed by atoms with Crippen molar-refractivity contribution in [3.63, 3.8) is 0 Å². The lowest BCUT2D eigenvalue weighted by Gasteiger charge is -2.32. The number of piperazine rings is 1. The van der Waals surface area contributed by atoms with Gasteiger partial charge in [-0.2, -0.15) is 0 Å². The number of nitrogens with two attached hydrogens (primary N) is 1. The van der Waals surface area contributed by atoms with Crippen molar-refractivity contribution in [2.45, 2.75) is 0 Å². The number of amides is 1. The standard InChI is InChI=1S/C11H18N6O2/c1-13-9-7(8(12)18)14-11(19)10(15-9)17-5-3-16(2)4-6-17/h3-6H2,1-2H3,(H2,12,18)(H,13,15)(H,14,19). The quantitative estimate of drug-likeness (QED) is 0.625. The Morgan fingerprint density at radius 1 is 1.37 bits per heavy atom. The number of aromatic amines is 1. The summed E-state index contributed by atoms with van der Waals surface area (Å²) < 4.78 is 0. The molecule has 0 unspecified atom stereocenters. The van der Waals surface area contributed by atoms with Gasteiger partial charge in [-0.15, -0.1) is 0 Å². The van der Waals surface area contributed by atoms with Crippen LogP contribution in [0.15, 0.2) is 4.79 Å². The van der Waals surface area contributed by atoms with Crippen molar-refractivity contribution in [3.05, 3.63) is 16.0 Å². The monoisotopic (exact) mass is 266 g/mol. The molecule has 0 aliphatic carbocycles. The smallest absolute Gasteiger partial charge is 0.291 e. The summed E-state index contributed by atoms with van der Waals surface area (Å²) in [6, 6.07) is 0. The normalized spacial score (nSPS) is 16.4. The molecule has 0 spiro atoms. The first-order valence-corrected chi connectivity index (χ1v) is 6.08. The van der Waals surface area contributed by atoms with Gasteiger partial charge in [0.1, 0.15) is 5.69 Å². The molecule has 104 valence electrons. The minimum Gasteiger partial charge on any atom is -0.371 e. The van der Waals surface area contributed by atoms with Gasteiger partial charge in [-0.25, -0.2) is 4.98 Å². The lowest BCUT2D eigenvalue weighted by Crippen LogP contribution is -2.46. The Kier molecular flexibility index (Phi) is 3.70. The van der Waals surface area contributed by atoms with Crippen molar-refractivity contribution in [2.24, 2.45) is 5.73 Å². The van der Waals surface area contributed by atoms with Gasteiger partial charge in [0.15, 0.2) is 11.6 Å².